The summed E-state index contributed by atoms with van der Waals surface area (Å²) < 4.78 is 21.3. The molecule has 0 aliphatic heterocycles. The highest BCUT2D eigenvalue weighted by Crippen LogP contribution is 2.15. The molecule has 0 saturated heterocycles. The van der Waals surface area contributed by atoms with E-state index in [1.807, 2.05) is 0 Å². The number of aryl methyl sites for hydroxylation is 1. The second-order valence-electron chi connectivity index (χ2n) is 3.59. The Morgan fingerprint density at radius 3 is 2.65 bits per heavy atom. The molecule has 0 bridgehead atoms. The van der Waals surface area contributed by atoms with Crippen molar-refractivity contribution in [3.05, 3.63) is 34.3 Å². The number of carbonyl (C=O) groups is 1. The van der Waals surface area contributed by atoms with Gasteiger partial charge in [-0.05, 0) is 30.7 Å². The monoisotopic (exact) mass is 276 g/mol. The fourth-order valence-electron chi connectivity index (χ4n) is 1.19. The van der Waals surface area contributed by atoms with E-state index in [-0.39, 0.29) is 18.2 Å². The minimum absolute atomic E-state index is 0.0145. The van der Waals surface area contributed by atoms with Crippen LogP contribution in [-0.4, -0.2) is 26.6 Å². The Balaban J connectivity index is 2.61. The van der Waals surface area contributed by atoms with Gasteiger partial charge in [-0.3, -0.25) is 4.79 Å². The average Bonchev–Trinajstić information content (AvgIpc) is 2.20. The Morgan fingerprint density at radius 2 is 2.12 bits per heavy atom. The summed E-state index contributed by atoms with van der Waals surface area (Å²) in [5, 5.41) is 7.84. The van der Waals surface area contributed by atoms with Crippen molar-refractivity contribution in [2.75, 3.05) is 12.3 Å². The number of amides is 1. The van der Waals surface area contributed by atoms with Gasteiger partial charge >= 0.3 is 0 Å². The quantitative estimate of drug-likeness (QED) is 0.847. The van der Waals surface area contributed by atoms with Crippen molar-refractivity contribution in [1.82, 2.24) is 5.32 Å². The number of hydrogen-bond acceptors (Lipinski definition) is 3. The minimum atomic E-state index is -3.55. The Bertz CT molecular complexity index is 528. The molecular formula is C10H13ClN2O3S. The zero-order valence-electron chi connectivity index (χ0n) is 9.23. The molecule has 0 saturated carbocycles. The third kappa shape index (κ3) is 4.72. The van der Waals surface area contributed by atoms with E-state index >= 15 is 0 Å². The number of benzene rings is 1. The van der Waals surface area contributed by atoms with Gasteiger partial charge in [0.05, 0.1) is 5.75 Å². The lowest BCUT2D eigenvalue weighted by Crippen LogP contribution is -2.31. The third-order valence-electron chi connectivity index (χ3n) is 2.09. The summed E-state index contributed by atoms with van der Waals surface area (Å²) in [5.74, 6) is -0.640. The lowest BCUT2D eigenvalue weighted by molar-refractivity contribution is 0.0956. The van der Waals surface area contributed by atoms with Crippen LogP contribution >= 0.6 is 11.6 Å². The van der Waals surface area contributed by atoms with Gasteiger partial charge in [-0.25, -0.2) is 13.6 Å². The first-order valence-corrected chi connectivity index (χ1v) is 6.94. The molecule has 94 valence electrons. The van der Waals surface area contributed by atoms with E-state index in [1.54, 1.807) is 25.1 Å². The number of nitrogens with two attached hydrogens (primary N) is 1. The minimum Gasteiger partial charge on any atom is -0.351 e. The van der Waals surface area contributed by atoms with Crippen molar-refractivity contribution in [1.29, 1.82) is 0 Å². The van der Waals surface area contributed by atoms with Gasteiger partial charge in [0.2, 0.25) is 10.0 Å². The zero-order chi connectivity index (χ0) is 13.1. The van der Waals surface area contributed by atoms with Crippen molar-refractivity contribution >= 4 is 27.5 Å². The smallest absolute Gasteiger partial charge is 0.251 e. The Kier molecular flexibility index (Phi) is 4.50. The van der Waals surface area contributed by atoms with Crippen LogP contribution in [0.3, 0.4) is 0 Å². The standard InChI is InChI=1S/C10H13ClN2O3S/c1-7-6-8(2-3-9(7)11)10(14)13-4-5-17(12,15)16/h2-3,6H,4-5H2,1H3,(H,13,14)(H2,12,15,16). The Morgan fingerprint density at radius 1 is 1.47 bits per heavy atom. The fraction of sp³-hybridized carbons (Fsp3) is 0.300. The van der Waals surface area contributed by atoms with Crippen molar-refractivity contribution in [2.24, 2.45) is 5.14 Å². The fourth-order valence-corrected chi connectivity index (χ4v) is 1.70. The molecular weight excluding hydrogens is 264 g/mol. The summed E-state index contributed by atoms with van der Waals surface area (Å²) in [4.78, 5) is 11.6. The predicted octanol–water partition coefficient (Wildman–Crippen LogP) is 0.667. The molecule has 0 aliphatic carbocycles. The van der Waals surface area contributed by atoms with E-state index in [0.717, 1.165) is 5.56 Å². The molecule has 0 spiro atoms. The number of hydrogen-bond donors (Lipinski definition) is 2. The van der Waals surface area contributed by atoms with Crippen LogP contribution in [-0.2, 0) is 10.0 Å². The van der Waals surface area contributed by atoms with E-state index in [0.29, 0.717) is 10.6 Å². The number of halogens is 1. The average molecular weight is 277 g/mol. The summed E-state index contributed by atoms with van der Waals surface area (Å²) in [5.41, 5.74) is 1.21. The second-order valence-corrected chi connectivity index (χ2v) is 5.73. The van der Waals surface area contributed by atoms with Crippen LogP contribution in [0.4, 0.5) is 0 Å². The van der Waals surface area contributed by atoms with Gasteiger partial charge in [-0.1, -0.05) is 11.6 Å². The molecule has 0 aromatic heterocycles. The molecule has 1 rings (SSSR count). The number of nitrogens with one attached hydrogen (secondary N) is 1. The number of primary sulfonamides is 1. The highest BCUT2D eigenvalue weighted by molar-refractivity contribution is 7.89. The molecule has 0 atom stereocenters. The van der Waals surface area contributed by atoms with Gasteiger partial charge in [-0.2, -0.15) is 0 Å². The highest BCUT2D eigenvalue weighted by atomic mass is 35.5. The third-order valence-corrected chi connectivity index (χ3v) is 3.29. The van der Waals surface area contributed by atoms with Crippen molar-refractivity contribution in [3.8, 4) is 0 Å². The van der Waals surface area contributed by atoms with Crippen molar-refractivity contribution in [2.45, 2.75) is 6.92 Å². The van der Waals surface area contributed by atoms with Gasteiger partial charge in [0.25, 0.3) is 5.91 Å². The molecule has 0 fully saturated rings. The zero-order valence-corrected chi connectivity index (χ0v) is 10.8. The lowest BCUT2D eigenvalue weighted by Gasteiger charge is -2.05. The summed E-state index contributed by atoms with van der Waals surface area (Å²) in [6, 6.07) is 4.82. The van der Waals surface area contributed by atoms with Gasteiger partial charge in [0.15, 0.2) is 0 Å². The molecule has 1 aromatic carbocycles. The Hall–Kier alpha value is -1.11. The van der Waals surface area contributed by atoms with Gasteiger partial charge in [0, 0.05) is 17.1 Å². The number of carbonyl (C=O) groups excluding carboxylic acids is 1. The van der Waals surface area contributed by atoms with Crippen molar-refractivity contribution in [3.63, 3.8) is 0 Å². The first-order valence-electron chi connectivity index (χ1n) is 4.84. The molecule has 0 aliphatic rings. The maximum atomic E-state index is 11.6. The van der Waals surface area contributed by atoms with Crippen molar-refractivity contribution < 1.29 is 13.2 Å². The molecule has 5 nitrogen and oxygen atoms in total. The maximum absolute atomic E-state index is 11.6. The topological polar surface area (TPSA) is 89.3 Å². The largest absolute Gasteiger partial charge is 0.351 e. The van der Waals surface area contributed by atoms with Gasteiger partial charge in [-0.15, -0.1) is 0 Å². The molecule has 0 heterocycles. The predicted molar refractivity (Wildman–Crippen MR) is 66.5 cm³/mol. The van der Waals surface area contributed by atoms with E-state index in [4.69, 9.17) is 16.7 Å². The van der Waals surface area contributed by atoms with E-state index in [2.05, 4.69) is 5.32 Å². The van der Waals surface area contributed by atoms with Crippen LogP contribution in [0.15, 0.2) is 18.2 Å². The number of rotatable bonds is 4. The Labute approximate surface area is 105 Å². The van der Waals surface area contributed by atoms with E-state index in [9.17, 15) is 13.2 Å². The normalized spacial score (nSPS) is 11.2. The molecule has 17 heavy (non-hydrogen) atoms. The van der Waals surface area contributed by atoms with E-state index in [1.165, 1.54) is 0 Å². The van der Waals surface area contributed by atoms with Crippen LogP contribution in [0.5, 0.6) is 0 Å². The molecule has 0 radical (unpaired) electrons. The molecule has 1 aromatic rings. The van der Waals surface area contributed by atoms with Gasteiger partial charge < -0.3 is 5.32 Å². The van der Waals surface area contributed by atoms with Crippen LogP contribution in [0, 0.1) is 6.92 Å². The van der Waals surface area contributed by atoms with E-state index < -0.39 is 10.0 Å². The number of sulfonamides is 1. The first-order chi connectivity index (χ1) is 7.79. The first kappa shape index (κ1) is 14.0. The van der Waals surface area contributed by atoms with Crippen LogP contribution < -0.4 is 10.5 Å². The maximum Gasteiger partial charge on any atom is 0.251 e. The summed E-state index contributed by atoms with van der Waals surface area (Å²) >= 11 is 5.82. The van der Waals surface area contributed by atoms with Crippen LogP contribution in [0.25, 0.3) is 0 Å². The molecule has 7 heteroatoms. The summed E-state index contributed by atoms with van der Waals surface area (Å²) in [6.45, 7) is 1.77. The summed E-state index contributed by atoms with van der Waals surface area (Å²) in [6.07, 6.45) is 0. The molecule has 0 unspecified atom stereocenters. The van der Waals surface area contributed by atoms with Crippen LogP contribution in [0.1, 0.15) is 15.9 Å². The molecule has 1 amide bonds. The van der Waals surface area contributed by atoms with Gasteiger partial charge in [0.1, 0.15) is 0 Å². The molecule has 3 N–H and O–H groups in total. The highest BCUT2D eigenvalue weighted by Gasteiger charge is 2.08. The lowest BCUT2D eigenvalue weighted by atomic mass is 10.1. The SMILES string of the molecule is Cc1cc(C(=O)NCCS(N)(=O)=O)ccc1Cl. The van der Waals surface area contributed by atoms with Crippen LogP contribution in [0.2, 0.25) is 5.02 Å². The summed E-state index contributed by atoms with van der Waals surface area (Å²) in [7, 11) is -3.55. The second kappa shape index (κ2) is 5.48.